The zero-order chi connectivity index (χ0) is 11.7. The topological polar surface area (TPSA) is 57.5 Å². The number of aliphatic carboxylic acids is 1. The predicted octanol–water partition coefficient (Wildman–Crippen LogP) is 2.52. The lowest BCUT2D eigenvalue weighted by molar-refractivity contribution is -0.136. The Bertz CT molecular complexity index is 252. The van der Waals surface area contributed by atoms with E-state index in [1.54, 1.807) is 6.08 Å². The molecule has 0 aliphatic heterocycles. The third-order valence-corrected chi connectivity index (χ3v) is 2.20. The predicted molar refractivity (Wildman–Crippen MR) is 60.7 cm³/mol. The van der Waals surface area contributed by atoms with Crippen LogP contribution in [0.4, 0.5) is 0 Å². The lowest BCUT2D eigenvalue weighted by Gasteiger charge is -2.00. The molecule has 0 aliphatic rings. The quantitative estimate of drug-likeness (QED) is 0.637. The van der Waals surface area contributed by atoms with Crippen LogP contribution in [0.15, 0.2) is 23.3 Å². The van der Waals surface area contributed by atoms with E-state index in [0.29, 0.717) is 6.42 Å². The second-order valence-corrected chi connectivity index (χ2v) is 3.72. The molecule has 0 saturated carbocycles. The Kier molecular flexibility index (Phi) is 7.64. The van der Waals surface area contributed by atoms with Gasteiger partial charge in [0.05, 0.1) is 6.61 Å². The van der Waals surface area contributed by atoms with E-state index in [9.17, 15) is 4.79 Å². The van der Waals surface area contributed by atoms with Crippen LogP contribution < -0.4 is 0 Å². The van der Waals surface area contributed by atoms with Crippen molar-refractivity contribution < 1.29 is 15.0 Å². The SMILES string of the molecule is C/C(=C\CO)CC/C=C(\C)CCC(=O)O. The molecular weight excluding hydrogens is 192 g/mol. The Morgan fingerprint density at radius 1 is 1.07 bits per heavy atom. The normalized spacial score (nSPS) is 13.0. The van der Waals surface area contributed by atoms with Crippen LogP contribution >= 0.6 is 0 Å². The summed E-state index contributed by atoms with van der Waals surface area (Å²) in [6.07, 6.45) is 6.52. The largest absolute Gasteiger partial charge is 0.481 e. The van der Waals surface area contributed by atoms with Crippen LogP contribution in [0.25, 0.3) is 0 Å². The summed E-state index contributed by atoms with van der Waals surface area (Å²) in [6, 6.07) is 0. The van der Waals surface area contributed by atoms with E-state index in [4.69, 9.17) is 10.2 Å². The number of rotatable bonds is 7. The molecule has 0 aliphatic carbocycles. The van der Waals surface area contributed by atoms with Crippen molar-refractivity contribution in [2.24, 2.45) is 0 Å². The first-order chi connectivity index (χ1) is 7.06. The molecule has 3 nitrogen and oxygen atoms in total. The van der Waals surface area contributed by atoms with Crippen LogP contribution in [-0.4, -0.2) is 22.8 Å². The number of hydrogen-bond donors (Lipinski definition) is 2. The smallest absolute Gasteiger partial charge is 0.303 e. The van der Waals surface area contributed by atoms with Crippen LogP contribution in [0.2, 0.25) is 0 Å². The molecule has 0 radical (unpaired) electrons. The summed E-state index contributed by atoms with van der Waals surface area (Å²) in [4.78, 5) is 10.3. The number of aliphatic hydroxyl groups is 1. The van der Waals surface area contributed by atoms with Crippen LogP contribution in [0.1, 0.15) is 39.5 Å². The van der Waals surface area contributed by atoms with Gasteiger partial charge in [-0.1, -0.05) is 23.3 Å². The zero-order valence-corrected chi connectivity index (χ0v) is 9.49. The highest BCUT2D eigenvalue weighted by Gasteiger charge is 1.97. The third kappa shape index (κ3) is 9.22. The van der Waals surface area contributed by atoms with E-state index in [2.05, 4.69) is 6.08 Å². The third-order valence-electron chi connectivity index (χ3n) is 2.20. The summed E-state index contributed by atoms with van der Waals surface area (Å²) in [6.45, 7) is 4.03. The number of carboxylic acids is 1. The number of allylic oxidation sites excluding steroid dienone is 3. The van der Waals surface area contributed by atoms with Gasteiger partial charge in [0.1, 0.15) is 0 Å². The van der Waals surface area contributed by atoms with Gasteiger partial charge in [-0.15, -0.1) is 0 Å². The first-order valence-corrected chi connectivity index (χ1v) is 5.20. The molecule has 15 heavy (non-hydrogen) atoms. The molecule has 0 amide bonds. The van der Waals surface area contributed by atoms with Crippen LogP contribution in [-0.2, 0) is 4.79 Å². The van der Waals surface area contributed by atoms with Gasteiger partial charge < -0.3 is 10.2 Å². The van der Waals surface area contributed by atoms with Gasteiger partial charge in [-0.05, 0) is 33.1 Å². The van der Waals surface area contributed by atoms with E-state index in [1.165, 1.54) is 5.57 Å². The van der Waals surface area contributed by atoms with E-state index < -0.39 is 5.97 Å². The summed E-state index contributed by atoms with van der Waals surface area (Å²) in [7, 11) is 0. The average molecular weight is 212 g/mol. The van der Waals surface area contributed by atoms with E-state index in [1.807, 2.05) is 13.8 Å². The maximum atomic E-state index is 10.3. The minimum atomic E-state index is -0.751. The fourth-order valence-corrected chi connectivity index (χ4v) is 1.21. The molecule has 0 saturated heterocycles. The minimum Gasteiger partial charge on any atom is -0.481 e. The molecule has 2 N–H and O–H groups in total. The van der Waals surface area contributed by atoms with Gasteiger partial charge in [0, 0.05) is 6.42 Å². The van der Waals surface area contributed by atoms with Crippen molar-refractivity contribution in [2.45, 2.75) is 39.5 Å². The van der Waals surface area contributed by atoms with Crippen molar-refractivity contribution in [1.29, 1.82) is 0 Å². The first kappa shape index (κ1) is 13.9. The van der Waals surface area contributed by atoms with Crippen molar-refractivity contribution in [3.8, 4) is 0 Å². The molecule has 0 aromatic carbocycles. The maximum absolute atomic E-state index is 10.3. The van der Waals surface area contributed by atoms with Crippen LogP contribution in [0.3, 0.4) is 0 Å². The average Bonchev–Trinajstić information content (AvgIpc) is 2.15. The van der Waals surface area contributed by atoms with Crippen molar-refractivity contribution >= 4 is 5.97 Å². The minimum absolute atomic E-state index is 0.0908. The summed E-state index contributed by atoms with van der Waals surface area (Å²) in [5, 5.41) is 17.1. The molecule has 0 spiro atoms. The molecule has 0 unspecified atom stereocenters. The highest BCUT2D eigenvalue weighted by atomic mass is 16.4. The summed E-state index contributed by atoms with van der Waals surface area (Å²) < 4.78 is 0. The van der Waals surface area contributed by atoms with Crippen LogP contribution in [0.5, 0.6) is 0 Å². The Balaban J connectivity index is 3.76. The summed E-state index contributed by atoms with van der Waals surface area (Å²) in [5.74, 6) is -0.751. The molecule has 0 fully saturated rings. The van der Waals surface area contributed by atoms with Crippen molar-refractivity contribution in [1.82, 2.24) is 0 Å². The Hall–Kier alpha value is -1.09. The van der Waals surface area contributed by atoms with Gasteiger partial charge in [-0.2, -0.15) is 0 Å². The fourth-order valence-electron chi connectivity index (χ4n) is 1.21. The Labute approximate surface area is 91.1 Å². The van der Waals surface area contributed by atoms with Crippen molar-refractivity contribution in [3.05, 3.63) is 23.3 Å². The molecule has 0 rings (SSSR count). The second-order valence-electron chi connectivity index (χ2n) is 3.72. The Morgan fingerprint density at radius 3 is 2.20 bits per heavy atom. The summed E-state index contributed by atoms with van der Waals surface area (Å²) in [5.41, 5.74) is 2.29. The molecule has 0 aromatic rings. The molecule has 0 bridgehead atoms. The molecule has 0 heterocycles. The van der Waals surface area contributed by atoms with Crippen LogP contribution in [0, 0.1) is 0 Å². The monoisotopic (exact) mass is 212 g/mol. The highest BCUT2D eigenvalue weighted by molar-refractivity contribution is 5.66. The standard InChI is InChI=1S/C12H20O3/c1-10(6-7-12(14)15)4-3-5-11(2)8-9-13/h4,8,13H,3,5-7,9H2,1-2H3,(H,14,15)/b10-4+,11-8+. The van der Waals surface area contributed by atoms with Gasteiger partial charge in [-0.25, -0.2) is 0 Å². The molecular formula is C12H20O3. The fraction of sp³-hybridized carbons (Fsp3) is 0.583. The maximum Gasteiger partial charge on any atom is 0.303 e. The van der Waals surface area contributed by atoms with Crippen molar-refractivity contribution in [2.75, 3.05) is 6.61 Å². The molecule has 0 aromatic heterocycles. The second kappa shape index (κ2) is 8.24. The number of carbonyl (C=O) groups is 1. The molecule has 0 atom stereocenters. The lowest BCUT2D eigenvalue weighted by Crippen LogP contribution is -1.94. The van der Waals surface area contributed by atoms with Gasteiger partial charge in [0.25, 0.3) is 0 Å². The van der Waals surface area contributed by atoms with Gasteiger partial charge in [-0.3, -0.25) is 4.79 Å². The number of carboxylic acid groups (broad SMARTS) is 1. The van der Waals surface area contributed by atoms with Gasteiger partial charge in [0.2, 0.25) is 0 Å². The highest BCUT2D eigenvalue weighted by Crippen LogP contribution is 2.09. The first-order valence-electron chi connectivity index (χ1n) is 5.20. The molecule has 86 valence electrons. The van der Waals surface area contributed by atoms with Crippen molar-refractivity contribution in [3.63, 3.8) is 0 Å². The van der Waals surface area contributed by atoms with Gasteiger partial charge in [0.15, 0.2) is 0 Å². The Morgan fingerprint density at radius 2 is 1.67 bits per heavy atom. The molecule has 3 heteroatoms. The summed E-state index contributed by atoms with van der Waals surface area (Å²) >= 11 is 0. The number of aliphatic hydroxyl groups excluding tert-OH is 1. The van der Waals surface area contributed by atoms with Gasteiger partial charge >= 0.3 is 5.97 Å². The van der Waals surface area contributed by atoms with E-state index in [-0.39, 0.29) is 13.0 Å². The van der Waals surface area contributed by atoms with E-state index >= 15 is 0 Å². The van der Waals surface area contributed by atoms with E-state index in [0.717, 1.165) is 18.4 Å². The number of hydrogen-bond acceptors (Lipinski definition) is 2. The zero-order valence-electron chi connectivity index (χ0n) is 9.49. The lowest BCUT2D eigenvalue weighted by atomic mass is 10.1.